The van der Waals surface area contributed by atoms with E-state index in [-0.39, 0.29) is 0 Å². The maximum atomic E-state index is 10.7. The van der Waals surface area contributed by atoms with Crippen LogP contribution < -0.4 is 5.32 Å². The number of hydrogen-bond donors (Lipinski definition) is 2. The van der Waals surface area contributed by atoms with Gasteiger partial charge in [-0.15, -0.1) is 0 Å². The number of anilines is 1. The fourth-order valence-electron chi connectivity index (χ4n) is 1.37. The van der Waals surface area contributed by atoms with Gasteiger partial charge < -0.3 is 14.8 Å². The summed E-state index contributed by atoms with van der Waals surface area (Å²) in [6.07, 6.45) is 3.21. The molecule has 0 radical (unpaired) electrons. The van der Waals surface area contributed by atoms with Crippen molar-refractivity contribution in [1.82, 2.24) is 4.98 Å². The number of pyridine rings is 1. The molecule has 2 heterocycles. The highest BCUT2D eigenvalue weighted by Gasteiger charge is 2.11. The van der Waals surface area contributed by atoms with Gasteiger partial charge in [-0.05, 0) is 12.1 Å². The monoisotopic (exact) mass is 220 g/mol. The minimum absolute atomic E-state index is 0.340. The largest absolute Gasteiger partial charge is 0.481 e. The molecule has 2 aromatic heterocycles. The number of rotatable bonds is 4. The quantitative estimate of drug-likeness (QED) is 0.823. The van der Waals surface area contributed by atoms with Crippen molar-refractivity contribution in [1.29, 1.82) is 0 Å². The number of carboxylic acid groups (broad SMARTS) is 1. The summed E-state index contributed by atoms with van der Waals surface area (Å²) in [5.74, 6) is -0.629. The second kappa shape index (κ2) is 4.22. The van der Waals surface area contributed by atoms with Crippen molar-refractivity contribution in [3.8, 4) is 0 Å². The van der Waals surface area contributed by atoms with Gasteiger partial charge in [0.2, 0.25) is 0 Å². The number of aromatic nitrogens is 1. The topological polar surface area (TPSA) is 75.4 Å². The molecule has 1 unspecified atom stereocenters. The summed E-state index contributed by atoms with van der Waals surface area (Å²) in [6, 6.07) is 3.57. The van der Waals surface area contributed by atoms with Crippen LogP contribution in [0.25, 0.3) is 11.0 Å². The second-order valence-electron chi connectivity index (χ2n) is 3.61. The smallest absolute Gasteiger partial charge is 0.308 e. The average Bonchev–Trinajstić information content (AvgIpc) is 2.73. The van der Waals surface area contributed by atoms with E-state index in [0.717, 1.165) is 11.0 Å². The van der Waals surface area contributed by atoms with Gasteiger partial charge >= 0.3 is 5.97 Å². The Morgan fingerprint density at radius 3 is 3.19 bits per heavy atom. The molecule has 0 fully saturated rings. The van der Waals surface area contributed by atoms with Gasteiger partial charge in [0.25, 0.3) is 0 Å². The van der Waals surface area contributed by atoms with Crippen molar-refractivity contribution in [2.45, 2.75) is 6.92 Å². The van der Waals surface area contributed by atoms with Crippen molar-refractivity contribution >= 4 is 22.8 Å². The lowest BCUT2D eigenvalue weighted by Gasteiger charge is -2.09. The Hall–Kier alpha value is -2.04. The molecule has 0 aliphatic carbocycles. The standard InChI is InChI=1S/C11H12N2O3/c1-7(11(14)15)6-13-10-8-3-5-16-9(8)2-4-12-10/h2-5,7H,6H2,1H3,(H,12,13)(H,14,15). The summed E-state index contributed by atoms with van der Waals surface area (Å²) in [6.45, 7) is 1.98. The molecule has 0 saturated carbocycles. The van der Waals surface area contributed by atoms with E-state index >= 15 is 0 Å². The first-order valence-electron chi connectivity index (χ1n) is 4.97. The normalized spacial score (nSPS) is 12.6. The van der Waals surface area contributed by atoms with Crippen molar-refractivity contribution < 1.29 is 14.3 Å². The van der Waals surface area contributed by atoms with Gasteiger partial charge in [0.1, 0.15) is 11.4 Å². The Balaban J connectivity index is 2.15. The van der Waals surface area contributed by atoms with Crippen LogP contribution in [-0.2, 0) is 4.79 Å². The number of nitrogens with zero attached hydrogens (tertiary/aromatic N) is 1. The van der Waals surface area contributed by atoms with Crippen molar-refractivity contribution in [2.24, 2.45) is 5.92 Å². The summed E-state index contributed by atoms with van der Waals surface area (Å²) in [5, 5.41) is 12.6. The Morgan fingerprint density at radius 1 is 1.62 bits per heavy atom. The van der Waals surface area contributed by atoms with E-state index in [1.165, 1.54) is 0 Å². The van der Waals surface area contributed by atoms with Crippen LogP contribution >= 0.6 is 0 Å². The molecule has 0 amide bonds. The SMILES string of the molecule is CC(CNc1nccc2occc12)C(=O)O. The van der Waals surface area contributed by atoms with E-state index in [0.29, 0.717) is 12.4 Å². The third-order valence-corrected chi connectivity index (χ3v) is 2.38. The van der Waals surface area contributed by atoms with Gasteiger partial charge in [0.15, 0.2) is 0 Å². The Morgan fingerprint density at radius 2 is 2.44 bits per heavy atom. The van der Waals surface area contributed by atoms with Crippen LogP contribution in [0.15, 0.2) is 29.0 Å². The number of fused-ring (bicyclic) bond motifs is 1. The van der Waals surface area contributed by atoms with E-state index in [2.05, 4.69) is 10.3 Å². The maximum absolute atomic E-state index is 10.7. The predicted molar refractivity (Wildman–Crippen MR) is 59.3 cm³/mol. The molecule has 0 saturated heterocycles. The van der Waals surface area contributed by atoms with Gasteiger partial charge in [0, 0.05) is 12.7 Å². The van der Waals surface area contributed by atoms with Crippen LogP contribution in [0.4, 0.5) is 5.82 Å². The summed E-state index contributed by atoms with van der Waals surface area (Å²) < 4.78 is 5.22. The number of aliphatic carboxylic acids is 1. The van der Waals surface area contributed by atoms with E-state index in [1.54, 1.807) is 31.5 Å². The first-order valence-corrected chi connectivity index (χ1v) is 4.97. The maximum Gasteiger partial charge on any atom is 0.308 e. The lowest BCUT2D eigenvalue weighted by molar-refractivity contribution is -0.140. The Kier molecular flexibility index (Phi) is 2.76. The highest BCUT2D eigenvalue weighted by atomic mass is 16.4. The first kappa shape index (κ1) is 10.5. The van der Waals surface area contributed by atoms with E-state index < -0.39 is 11.9 Å². The summed E-state index contributed by atoms with van der Waals surface area (Å²) >= 11 is 0. The van der Waals surface area contributed by atoms with Gasteiger partial charge in [-0.1, -0.05) is 6.92 Å². The van der Waals surface area contributed by atoms with E-state index in [1.807, 2.05) is 0 Å². The zero-order valence-electron chi connectivity index (χ0n) is 8.80. The molecule has 0 aliphatic rings. The average molecular weight is 220 g/mol. The third kappa shape index (κ3) is 1.98. The molecule has 5 nitrogen and oxygen atoms in total. The number of furan rings is 1. The van der Waals surface area contributed by atoms with Gasteiger partial charge in [0.05, 0.1) is 17.6 Å². The Labute approximate surface area is 92.1 Å². The number of carbonyl (C=O) groups is 1. The number of nitrogens with one attached hydrogen (secondary N) is 1. The first-order chi connectivity index (χ1) is 7.68. The summed E-state index contributed by atoms with van der Waals surface area (Å²) in [7, 11) is 0. The Bertz CT molecular complexity index is 507. The molecular formula is C11H12N2O3. The van der Waals surface area contributed by atoms with Crippen molar-refractivity contribution in [3.05, 3.63) is 24.6 Å². The molecule has 2 aromatic rings. The van der Waals surface area contributed by atoms with Gasteiger partial charge in [-0.25, -0.2) is 4.98 Å². The molecular weight excluding hydrogens is 208 g/mol. The van der Waals surface area contributed by atoms with Crippen LogP contribution in [-0.4, -0.2) is 22.6 Å². The van der Waals surface area contributed by atoms with Crippen LogP contribution in [0.3, 0.4) is 0 Å². The third-order valence-electron chi connectivity index (χ3n) is 2.38. The van der Waals surface area contributed by atoms with Crippen LogP contribution in [0.5, 0.6) is 0 Å². The minimum Gasteiger partial charge on any atom is -0.481 e. The van der Waals surface area contributed by atoms with Crippen LogP contribution in [0, 0.1) is 5.92 Å². The highest BCUT2D eigenvalue weighted by Crippen LogP contribution is 2.21. The summed E-state index contributed by atoms with van der Waals surface area (Å²) in [4.78, 5) is 14.8. The van der Waals surface area contributed by atoms with Crippen LogP contribution in [0.2, 0.25) is 0 Å². The van der Waals surface area contributed by atoms with E-state index in [4.69, 9.17) is 9.52 Å². The molecule has 2 rings (SSSR count). The van der Waals surface area contributed by atoms with Gasteiger partial charge in [-0.3, -0.25) is 4.79 Å². The zero-order chi connectivity index (χ0) is 11.5. The molecule has 0 aliphatic heterocycles. The lowest BCUT2D eigenvalue weighted by atomic mass is 10.2. The molecule has 84 valence electrons. The van der Waals surface area contributed by atoms with Crippen molar-refractivity contribution in [3.63, 3.8) is 0 Å². The molecule has 0 bridgehead atoms. The molecule has 0 spiro atoms. The lowest BCUT2D eigenvalue weighted by Crippen LogP contribution is -2.20. The summed E-state index contributed by atoms with van der Waals surface area (Å²) in [5.41, 5.74) is 0.737. The van der Waals surface area contributed by atoms with Gasteiger partial charge in [-0.2, -0.15) is 0 Å². The molecule has 1 atom stereocenters. The second-order valence-corrected chi connectivity index (χ2v) is 3.61. The number of carboxylic acids is 1. The fourth-order valence-corrected chi connectivity index (χ4v) is 1.37. The zero-order valence-corrected chi connectivity index (χ0v) is 8.80. The molecule has 5 heteroatoms. The minimum atomic E-state index is -0.827. The van der Waals surface area contributed by atoms with E-state index in [9.17, 15) is 4.79 Å². The molecule has 2 N–H and O–H groups in total. The molecule has 0 aromatic carbocycles. The number of hydrogen-bond acceptors (Lipinski definition) is 4. The molecule has 16 heavy (non-hydrogen) atoms. The van der Waals surface area contributed by atoms with Crippen LogP contribution in [0.1, 0.15) is 6.92 Å². The highest BCUT2D eigenvalue weighted by molar-refractivity contribution is 5.88. The van der Waals surface area contributed by atoms with Crippen molar-refractivity contribution in [2.75, 3.05) is 11.9 Å². The fraction of sp³-hybridized carbons (Fsp3) is 0.273. The predicted octanol–water partition coefficient (Wildman–Crippen LogP) is 1.96.